The molecule has 0 spiro atoms. The van der Waals surface area contributed by atoms with E-state index in [-0.39, 0.29) is 5.92 Å². The van der Waals surface area contributed by atoms with Crippen LogP contribution >= 0.6 is 0 Å². The van der Waals surface area contributed by atoms with Gasteiger partial charge in [0.2, 0.25) is 0 Å². The third-order valence-corrected chi connectivity index (χ3v) is 3.38. The van der Waals surface area contributed by atoms with Gasteiger partial charge in [0, 0.05) is 24.8 Å². The van der Waals surface area contributed by atoms with Crippen LogP contribution in [0.25, 0.3) is 11.5 Å². The Bertz CT molecular complexity index is 640. The lowest BCUT2D eigenvalue weighted by Crippen LogP contribution is -2.23. The van der Waals surface area contributed by atoms with Crippen molar-refractivity contribution in [3.63, 3.8) is 0 Å². The smallest absolute Gasteiger partial charge is 0.308 e. The first kappa shape index (κ1) is 12.6. The number of carboxylic acid groups (broad SMARTS) is 1. The van der Waals surface area contributed by atoms with Gasteiger partial charge in [-0.2, -0.15) is 4.98 Å². The zero-order chi connectivity index (χ0) is 14.1. The van der Waals surface area contributed by atoms with Crippen molar-refractivity contribution in [2.24, 2.45) is 5.92 Å². The number of pyridine rings is 1. The summed E-state index contributed by atoms with van der Waals surface area (Å²) in [6.07, 6.45) is 2.30. The Morgan fingerprint density at radius 2 is 2.40 bits per heavy atom. The molecular weight excluding hydrogens is 260 g/mol. The van der Waals surface area contributed by atoms with Gasteiger partial charge in [0.25, 0.3) is 5.89 Å². The predicted octanol–water partition coefficient (Wildman–Crippen LogP) is 1.35. The topological polar surface area (TPSA) is 92.4 Å². The Hall–Kier alpha value is -2.44. The molecule has 0 aliphatic carbocycles. The van der Waals surface area contributed by atoms with Crippen LogP contribution in [-0.4, -0.2) is 39.3 Å². The molecule has 2 aromatic rings. The van der Waals surface area contributed by atoms with Crippen LogP contribution in [0.2, 0.25) is 0 Å². The monoisotopic (exact) mass is 274 g/mol. The second kappa shape index (κ2) is 4.92. The van der Waals surface area contributed by atoms with E-state index in [1.165, 1.54) is 0 Å². The van der Waals surface area contributed by atoms with E-state index < -0.39 is 5.97 Å². The zero-order valence-electron chi connectivity index (χ0n) is 11.0. The molecule has 20 heavy (non-hydrogen) atoms. The number of nitrogens with zero attached hydrogens (tertiary/aromatic N) is 4. The first-order chi connectivity index (χ1) is 9.63. The minimum Gasteiger partial charge on any atom is -0.481 e. The van der Waals surface area contributed by atoms with Crippen LogP contribution in [0, 0.1) is 12.8 Å². The van der Waals surface area contributed by atoms with E-state index >= 15 is 0 Å². The average Bonchev–Trinajstić information content (AvgIpc) is 3.07. The van der Waals surface area contributed by atoms with E-state index in [9.17, 15) is 4.79 Å². The van der Waals surface area contributed by atoms with Gasteiger partial charge >= 0.3 is 5.97 Å². The summed E-state index contributed by atoms with van der Waals surface area (Å²) >= 11 is 0. The lowest BCUT2D eigenvalue weighted by Gasteiger charge is -2.16. The summed E-state index contributed by atoms with van der Waals surface area (Å²) in [6, 6.07) is 3.64. The minimum atomic E-state index is -0.754. The van der Waals surface area contributed by atoms with Crippen molar-refractivity contribution < 1.29 is 14.4 Å². The Kier molecular flexibility index (Phi) is 3.09. The maximum atomic E-state index is 11.0. The first-order valence-corrected chi connectivity index (χ1v) is 6.38. The third-order valence-electron chi connectivity index (χ3n) is 3.38. The number of aliphatic carboxylic acids is 1. The van der Waals surface area contributed by atoms with Crippen molar-refractivity contribution in [3.8, 4) is 11.5 Å². The van der Waals surface area contributed by atoms with E-state index in [4.69, 9.17) is 9.63 Å². The maximum absolute atomic E-state index is 11.0. The Morgan fingerprint density at radius 3 is 3.05 bits per heavy atom. The number of carboxylic acids is 1. The van der Waals surface area contributed by atoms with Crippen LogP contribution in [0.15, 0.2) is 22.9 Å². The van der Waals surface area contributed by atoms with Crippen LogP contribution in [0.5, 0.6) is 0 Å². The molecule has 1 fully saturated rings. The molecule has 1 N–H and O–H groups in total. The number of anilines is 1. The van der Waals surface area contributed by atoms with Gasteiger partial charge in [0.15, 0.2) is 5.82 Å². The van der Waals surface area contributed by atoms with Crippen molar-refractivity contribution >= 4 is 11.8 Å². The summed E-state index contributed by atoms with van der Waals surface area (Å²) in [4.78, 5) is 21.4. The Morgan fingerprint density at radius 1 is 1.55 bits per heavy atom. The van der Waals surface area contributed by atoms with Gasteiger partial charge in [-0.05, 0) is 25.5 Å². The summed E-state index contributed by atoms with van der Waals surface area (Å²) in [5, 5.41) is 12.8. The summed E-state index contributed by atoms with van der Waals surface area (Å²) in [5.74, 6) is 0.676. The molecule has 1 atom stereocenters. The summed E-state index contributed by atoms with van der Waals surface area (Å²) in [5.41, 5.74) is 0.786. The molecule has 3 rings (SSSR count). The molecule has 1 aliphatic heterocycles. The molecule has 2 aromatic heterocycles. The van der Waals surface area contributed by atoms with Gasteiger partial charge in [-0.1, -0.05) is 5.16 Å². The number of aromatic nitrogens is 3. The molecule has 7 nitrogen and oxygen atoms in total. The number of hydrogen-bond donors (Lipinski definition) is 1. The van der Waals surface area contributed by atoms with Gasteiger partial charge in [-0.15, -0.1) is 0 Å². The van der Waals surface area contributed by atoms with E-state index in [1.807, 2.05) is 11.0 Å². The van der Waals surface area contributed by atoms with Crippen LogP contribution in [-0.2, 0) is 4.79 Å². The van der Waals surface area contributed by atoms with Gasteiger partial charge in [0.05, 0.1) is 5.92 Å². The van der Waals surface area contributed by atoms with Gasteiger partial charge in [-0.25, -0.2) is 4.98 Å². The van der Waals surface area contributed by atoms with E-state index in [0.29, 0.717) is 31.2 Å². The molecule has 0 bridgehead atoms. The van der Waals surface area contributed by atoms with Gasteiger partial charge in [0.1, 0.15) is 5.82 Å². The van der Waals surface area contributed by atoms with Crippen LogP contribution < -0.4 is 4.90 Å². The third kappa shape index (κ3) is 2.34. The molecule has 1 aliphatic rings. The zero-order valence-corrected chi connectivity index (χ0v) is 11.0. The summed E-state index contributed by atoms with van der Waals surface area (Å²) in [6.45, 7) is 2.93. The number of hydrogen-bond acceptors (Lipinski definition) is 6. The molecule has 3 heterocycles. The fourth-order valence-corrected chi connectivity index (χ4v) is 2.31. The number of carbonyl (C=O) groups is 1. The highest BCUT2D eigenvalue weighted by molar-refractivity contribution is 5.72. The lowest BCUT2D eigenvalue weighted by atomic mass is 10.1. The van der Waals surface area contributed by atoms with Crippen LogP contribution in [0.3, 0.4) is 0 Å². The SMILES string of the molecule is Cc1noc(-c2ccnc(N3CCC(C(=O)O)C3)c2)n1. The average molecular weight is 274 g/mol. The second-order valence-corrected chi connectivity index (χ2v) is 4.82. The molecule has 0 radical (unpaired) electrons. The van der Waals surface area contributed by atoms with E-state index in [1.54, 1.807) is 19.2 Å². The number of aryl methyl sites for hydroxylation is 1. The summed E-state index contributed by atoms with van der Waals surface area (Å²) < 4.78 is 5.13. The molecule has 1 saturated heterocycles. The van der Waals surface area contributed by atoms with Crippen LogP contribution in [0.4, 0.5) is 5.82 Å². The highest BCUT2D eigenvalue weighted by Gasteiger charge is 2.28. The first-order valence-electron chi connectivity index (χ1n) is 6.38. The summed E-state index contributed by atoms with van der Waals surface area (Å²) in [7, 11) is 0. The maximum Gasteiger partial charge on any atom is 0.308 e. The van der Waals surface area contributed by atoms with Gasteiger partial charge < -0.3 is 14.5 Å². The predicted molar refractivity (Wildman–Crippen MR) is 70.2 cm³/mol. The minimum absolute atomic E-state index is 0.328. The molecule has 0 saturated carbocycles. The normalized spacial score (nSPS) is 18.4. The second-order valence-electron chi connectivity index (χ2n) is 4.82. The van der Waals surface area contributed by atoms with Crippen LogP contribution in [0.1, 0.15) is 12.2 Å². The molecule has 104 valence electrons. The molecule has 1 unspecified atom stereocenters. The fraction of sp³-hybridized carbons (Fsp3) is 0.385. The highest BCUT2D eigenvalue weighted by atomic mass is 16.5. The highest BCUT2D eigenvalue weighted by Crippen LogP contribution is 2.26. The van der Waals surface area contributed by atoms with Gasteiger partial charge in [-0.3, -0.25) is 4.79 Å². The van der Waals surface area contributed by atoms with Crippen molar-refractivity contribution in [3.05, 3.63) is 24.2 Å². The van der Waals surface area contributed by atoms with E-state index in [0.717, 1.165) is 11.4 Å². The lowest BCUT2D eigenvalue weighted by molar-refractivity contribution is -0.140. The molecule has 0 amide bonds. The molecule has 0 aromatic carbocycles. The fourth-order valence-electron chi connectivity index (χ4n) is 2.31. The van der Waals surface area contributed by atoms with E-state index in [2.05, 4.69) is 15.1 Å². The Labute approximate surface area is 115 Å². The molecule has 7 heteroatoms. The van der Waals surface area contributed by atoms with Crippen molar-refractivity contribution in [2.75, 3.05) is 18.0 Å². The van der Waals surface area contributed by atoms with Crippen molar-refractivity contribution in [1.82, 2.24) is 15.1 Å². The largest absolute Gasteiger partial charge is 0.481 e. The molecular formula is C13H14N4O3. The van der Waals surface area contributed by atoms with Crippen molar-refractivity contribution in [1.29, 1.82) is 0 Å². The number of rotatable bonds is 3. The standard InChI is InChI=1S/C13H14N4O3/c1-8-15-12(20-16-8)9-2-4-14-11(6-9)17-5-3-10(7-17)13(18)19/h2,4,6,10H,3,5,7H2,1H3,(H,18,19). The Balaban J connectivity index is 1.83. The quantitative estimate of drug-likeness (QED) is 0.903. The van der Waals surface area contributed by atoms with Crippen molar-refractivity contribution in [2.45, 2.75) is 13.3 Å².